The van der Waals surface area contributed by atoms with Crippen molar-refractivity contribution in [1.29, 1.82) is 0 Å². The van der Waals surface area contributed by atoms with Crippen LogP contribution in [0.15, 0.2) is 36.4 Å². The van der Waals surface area contributed by atoms with Gasteiger partial charge < -0.3 is 36.3 Å². The second-order valence-corrected chi connectivity index (χ2v) is 7.50. The lowest BCUT2D eigenvalue weighted by Gasteiger charge is -2.40. The second-order valence-electron chi connectivity index (χ2n) is 6.68. The normalized spacial score (nSPS) is 27.6. The quantitative estimate of drug-likeness (QED) is 0.453. The van der Waals surface area contributed by atoms with Gasteiger partial charge in [-0.3, -0.25) is 0 Å². The highest BCUT2D eigenvalue weighted by atomic mass is 35.5. The van der Waals surface area contributed by atoms with Crippen molar-refractivity contribution in [2.45, 2.75) is 37.1 Å². The average Bonchev–Trinajstić information content (AvgIpc) is 2.66. The van der Waals surface area contributed by atoms with Crippen molar-refractivity contribution in [3.8, 4) is 5.75 Å². The molecule has 0 saturated carbocycles. The number of anilines is 1. The number of nitrogens with two attached hydrogens (primary N) is 2. The zero-order valence-corrected chi connectivity index (χ0v) is 16.3. The Labute approximate surface area is 172 Å². The van der Waals surface area contributed by atoms with Crippen LogP contribution >= 0.6 is 23.2 Å². The molecule has 1 saturated heterocycles. The van der Waals surface area contributed by atoms with Gasteiger partial charge in [-0.25, -0.2) is 0 Å². The Morgan fingerprint density at radius 1 is 1.00 bits per heavy atom. The Morgan fingerprint density at radius 2 is 1.64 bits per heavy atom. The van der Waals surface area contributed by atoms with Gasteiger partial charge in [0.05, 0.1) is 22.3 Å². The van der Waals surface area contributed by atoms with E-state index in [1.807, 2.05) is 12.1 Å². The van der Waals surface area contributed by atoms with E-state index in [1.54, 1.807) is 24.3 Å². The summed E-state index contributed by atoms with van der Waals surface area (Å²) in [6.07, 6.45) is -5.14. The monoisotopic (exact) mass is 428 g/mol. The lowest BCUT2D eigenvalue weighted by atomic mass is 9.98. The summed E-state index contributed by atoms with van der Waals surface area (Å²) in [7, 11) is 0. The van der Waals surface area contributed by atoms with Gasteiger partial charge in [0, 0.05) is 0 Å². The minimum atomic E-state index is -1.34. The molecule has 0 unspecified atom stereocenters. The minimum Gasteiger partial charge on any atom is -0.482 e. The third kappa shape index (κ3) is 4.52. The summed E-state index contributed by atoms with van der Waals surface area (Å²) in [5.41, 5.74) is 14.0. The Morgan fingerprint density at radius 3 is 2.25 bits per heavy atom. The van der Waals surface area contributed by atoms with Crippen LogP contribution in [0, 0.1) is 0 Å². The van der Waals surface area contributed by atoms with Gasteiger partial charge in [0.2, 0.25) is 0 Å². The van der Waals surface area contributed by atoms with Crippen LogP contribution in [0.2, 0.25) is 10.0 Å². The molecule has 0 bridgehead atoms. The molecule has 5 atom stereocenters. The van der Waals surface area contributed by atoms with Crippen LogP contribution in [0.25, 0.3) is 0 Å². The number of hydrogen-bond acceptors (Lipinski definition) is 7. The van der Waals surface area contributed by atoms with Crippen LogP contribution in [0.3, 0.4) is 0 Å². The molecule has 0 aromatic heterocycles. The fourth-order valence-corrected chi connectivity index (χ4v) is 3.52. The largest absolute Gasteiger partial charge is 0.482 e. The fourth-order valence-electron chi connectivity index (χ4n) is 3.07. The highest BCUT2D eigenvalue weighted by Crippen LogP contribution is 2.31. The number of nitrogen functional groups attached to an aromatic ring is 1. The maximum absolute atomic E-state index is 10.2. The van der Waals surface area contributed by atoms with Crippen molar-refractivity contribution in [1.82, 2.24) is 0 Å². The molecule has 1 fully saturated rings. The maximum Gasteiger partial charge on any atom is 0.166 e. The van der Waals surface area contributed by atoms with Crippen LogP contribution in [-0.4, -0.2) is 52.6 Å². The van der Waals surface area contributed by atoms with Gasteiger partial charge in [-0.2, -0.15) is 0 Å². The van der Waals surface area contributed by atoms with E-state index < -0.39 is 37.3 Å². The SMILES string of the molecule is Nc1ccc(Cc2ccc(O[C@@H]3[C@@H](O)[C@H](O)[C@@H](CO)O[C@H]3N)c(Cl)c2)cc1Cl. The molecule has 152 valence electrons. The highest BCUT2D eigenvalue weighted by molar-refractivity contribution is 6.33. The van der Waals surface area contributed by atoms with E-state index in [9.17, 15) is 15.3 Å². The van der Waals surface area contributed by atoms with Crippen LogP contribution in [0.5, 0.6) is 5.75 Å². The van der Waals surface area contributed by atoms with E-state index in [1.165, 1.54) is 0 Å². The molecule has 7 nitrogen and oxygen atoms in total. The second kappa shape index (κ2) is 8.84. The molecule has 1 aliphatic rings. The van der Waals surface area contributed by atoms with E-state index in [4.69, 9.17) is 44.1 Å². The van der Waals surface area contributed by atoms with Crippen molar-refractivity contribution < 1.29 is 24.8 Å². The number of rotatable bonds is 5. The van der Waals surface area contributed by atoms with E-state index >= 15 is 0 Å². The predicted molar refractivity (Wildman–Crippen MR) is 106 cm³/mol. The van der Waals surface area contributed by atoms with Crippen molar-refractivity contribution in [2.75, 3.05) is 12.3 Å². The van der Waals surface area contributed by atoms with Gasteiger partial charge in [0.1, 0.15) is 30.3 Å². The van der Waals surface area contributed by atoms with Gasteiger partial charge >= 0.3 is 0 Å². The van der Waals surface area contributed by atoms with E-state index in [0.29, 0.717) is 27.9 Å². The van der Waals surface area contributed by atoms with Crippen molar-refractivity contribution in [3.63, 3.8) is 0 Å². The number of ether oxygens (including phenoxy) is 2. The smallest absolute Gasteiger partial charge is 0.166 e. The third-order valence-corrected chi connectivity index (χ3v) is 5.26. The van der Waals surface area contributed by atoms with Gasteiger partial charge in [-0.15, -0.1) is 0 Å². The number of hydrogen-bond donors (Lipinski definition) is 5. The standard InChI is InChI=1S/C19H22Cl2N2O5/c20-11-6-9(1-3-13(11)22)5-10-2-4-14(12(21)7-10)27-18-17(26)16(25)15(8-24)28-19(18)23/h1-4,6-7,15-19,24-26H,5,8,22-23H2/t15-,16-,17+,18-,19-/m1/s1. The zero-order chi connectivity index (χ0) is 20.4. The lowest BCUT2D eigenvalue weighted by molar-refractivity contribution is -0.221. The first kappa shape index (κ1) is 21.1. The first-order chi connectivity index (χ1) is 13.3. The summed E-state index contributed by atoms with van der Waals surface area (Å²) in [4.78, 5) is 0. The number of aliphatic hydroxyl groups is 3. The highest BCUT2D eigenvalue weighted by Gasteiger charge is 2.44. The van der Waals surface area contributed by atoms with Gasteiger partial charge in [-0.05, 0) is 41.8 Å². The molecule has 9 heteroatoms. The average molecular weight is 429 g/mol. The lowest BCUT2D eigenvalue weighted by Crippen LogP contribution is -2.63. The number of halogens is 2. The summed E-state index contributed by atoms with van der Waals surface area (Å²) in [6.45, 7) is -0.469. The van der Waals surface area contributed by atoms with Gasteiger partial charge in [0.15, 0.2) is 6.10 Å². The molecule has 0 amide bonds. The summed E-state index contributed by atoms with van der Waals surface area (Å²) in [5.74, 6) is 0.290. The van der Waals surface area contributed by atoms with Crippen LogP contribution in [0.1, 0.15) is 11.1 Å². The molecule has 2 aromatic rings. The van der Waals surface area contributed by atoms with Gasteiger partial charge in [0.25, 0.3) is 0 Å². The summed E-state index contributed by atoms with van der Waals surface area (Å²) < 4.78 is 11.0. The third-order valence-electron chi connectivity index (χ3n) is 4.64. The summed E-state index contributed by atoms with van der Waals surface area (Å²) in [5, 5.41) is 30.2. The minimum absolute atomic E-state index is 0.290. The molecule has 1 heterocycles. The topological polar surface area (TPSA) is 131 Å². The van der Waals surface area contributed by atoms with Crippen molar-refractivity contribution in [3.05, 3.63) is 57.6 Å². The van der Waals surface area contributed by atoms with Crippen LogP contribution in [-0.2, 0) is 11.2 Å². The first-order valence-corrected chi connectivity index (χ1v) is 9.42. The molecule has 2 aromatic carbocycles. The molecule has 7 N–H and O–H groups in total. The maximum atomic E-state index is 10.2. The summed E-state index contributed by atoms with van der Waals surface area (Å²) >= 11 is 12.4. The van der Waals surface area contributed by atoms with E-state index in [2.05, 4.69) is 0 Å². The molecular formula is C19H22Cl2N2O5. The Bertz CT molecular complexity index is 838. The predicted octanol–water partition coefficient (Wildman–Crippen LogP) is 1.31. The Hall–Kier alpha value is -1.58. The van der Waals surface area contributed by atoms with Crippen LogP contribution < -0.4 is 16.2 Å². The Kier molecular flexibility index (Phi) is 6.67. The Balaban J connectivity index is 1.72. The molecule has 3 rings (SSSR count). The molecule has 28 heavy (non-hydrogen) atoms. The first-order valence-electron chi connectivity index (χ1n) is 8.67. The molecule has 0 aliphatic carbocycles. The molecule has 0 radical (unpaired) electrons. The van der Waals surface area contributed by atoms with Crippen molar-refractivity contribution in [2.24, 2.45) is 5.73 Å². The van der Waals surface area contributed by atoms with Gasteiger partial charge in [-0.1, -0.05) is 35.3 Å². The fraction of sp³-hybridized carbons (Fsp3) is 0.368. The number of aliphatic hydroxyl groups excluding tert-OH is 3. The van der Waals surface area contributed by atoms with Crippen LogP contribution in [0.4, 0.5) is 5.69 Å². The zero-order valence-electron chi connectivity index (χ0n) is 14.8. The molecular weight excluding hydrogens is 407 g/mol. The molecule has 1 aliphatic heterocycles. The van der Waals surface area contributed by atoms with Crippen molar-refractivity contribution >= 4 is 28.9 Å². The summed E-state index contributed by atoms with van der Waals surface area (Å²) in [6, 6.07) is 10.6. The van der Waals surface area contributed by atoms with E-state index in [-0.39, 0.29) is 0 Å². The number of benzene rings is 2. The molecule has 0 spiro atoms. The van der Waals surface area contributed by atoms with E-state index in [0.717, 1.165) is 11.1 Å².